The predicted octanol–water partition coefficient (Wildman–Crippen LogP) is 1.71. The molecule has 0 amide bonds. The Bertz CT molecular complexity index is 220. The fourth-order valence-electron chi connectivity index (χ4n) is 3.49. The summed E-state index contributed by atoms with van der Waals surface area (Å²) in [6.07, 6.45) is 7.06. The molecule has 1 saturated carbocycles. The lowest BCUT2D eigenvalue weighted by atomic mass is 9.75. The van der Waals surface area contributed by atoms with Gasteiger partial charge in [0.05, 0.1) is 18.3 Å². The standard InChI is InChI=1S/C11H18O2/c1-7(12)11(4-5-11)9-6-8-2-3-10(9)13-8/h7-10,12H,2-6H2,1H3. The van der Waals surface area contributed by atoms with E-state index in [0.717, 1.165) is 0 Å². The zero-order valence-corrected chi connectivity index (χ0v) is 8.20. The van der Waals surface area contributed by atoms with Gasteiger partial charge in [0, 0.05) is 5.41 Å². The maximum absolute atomic E-state index is 9.78. The Morgan fingerprint density at radius 1 is 1.38 bits per heavy atom. The summed E-state index contributed by atoms with van der Waals surface area (Å²) >= 11 is 0. The Labute approximate surface area is 79.3 Å². The van der Waals surface area contributed by atoms with E-state index in [1.54, 1.807) is 0 Å². The fraction of sp³-hybridized carbons (Fsp3) is 1.00. The van der Waals surface area contributed by atoms with Crippen molar-refractivity contribution in [3.05, 3.63) is 0 Å². The van der Waals surface area contributed by atoms with Crippen LogP contribution in [-0.4, -0.2) is 23.4 Å². The number of hydrogen-bond donors (Lipinski definition) is 1. The molecule has 2 aliphatic heterocycles. The molecule has 1 aliphatic carbocycles. The van der Waals surface area contributed by atoms with Crippen molar-refractivity contribution in [2.75, 3.05) is 0 Å². The lowest BCUT2D eigenvalue weighted by molar-refractivity contribution is 0.0274. The van der Waals surface area contributed by atoms with Gasteiger partial charge in [-0.25, -0.2) is 0 Å². The molecule has 2 nitrogen and oxygen atoms in total. The van der Waals surface area contributed by atoms with E-state index in [9.17, 15) is 5.11 Å². The van der Waals surface area contributed by atoms with Gasteiger partial charge in [-0.3, -0.25) is 0 Å². The molecule has 2 heterocycles. The first kappa shape index (κ1) is 8.25. The Kier molecular flexibility index (Phi) is 1.58. The smallest absolute Gasteiger partial charge is 0.0615 e. The summed E-state index contributed by atoms with van der Waals surface area (Å²) in [5, 5.41) is 9.78. The molecule has 3 aliphatic rings. The van der Waals surface area contributed by atoms with Gasteiger partial charge < -0.3 is 9.84 Å². The summed E-state index contributed by atoms with van der Waals surface area (Å²) in [5.41, 5.74) is 0.264. The van der Waals surface area contributed by atoms with Crippen molar-refractivity contribution in [2.24, 2.45) is 11.3 Å². The molecule has 2 heteroatoms. The van der Waals surface area contributed by atoms with Crippen LogP contribution in [-0.2, 0) is 4.74 Å². The van der Waals surface area contributed by atoms with Gasteiger partial charge in [0.15, 0.2) is 0 Å². The normalized spacial score (nSPS) is 48.0. The van der Waals surface area contributed by atoms with Crippen molar-refractivity contribution < 1.29 is 9.84 Å². The Morgan fingerprint density at radius 2 is 2.15 bits per heavy atom. The highest BCUT2D eigenvalue weighted by Crippen LogP contribution is 2.61. The quantitative estimate of drug-likeness (QED) is 0.704. The van der Waals surface area contributed by atoms with Crippen molar-refractivity contribution in [2.45, 2.75) is 57.3 Å². The molecule has 4 unspecified atom stereocenters. The molecule has 0 radical (unpaired) electrons. The van der Waals surface area contributed by atoms with E-state index < -0.39 is 0 Å². The molecule has 1 N–H and O–H groups in total. The van der Waals surface area contributed by atoms with Crippen molar-refractivity contribution in [3.8, 4) is 0 Å². The summed E-state index contributed by atoms with van der Waals surface area (Å²) in [6.45, 7) is 1.96. The summed E-state index contributed by atoms with van der Waals surface area (Å²) in [6, 6.07) is 0. The topological polar surface area (TPSA) is 29.5 Å². The van der Waals surface area contributed by atoms with Crippen LogP contribution < -0.4 is 0 Å². The first-order valence-electron chi connectivity index (χ1n) is 5.56. The van der Waals surface area contributed by atoms with Crippen molar-refractivity contribution in [1.82, 2.24) is 0 Å². The van der Waals surface area contributed by atoms with Gasteiger partial charge in [0.2, 0.25) is 0 Å². The van der Waals surface area contributed by atoms with E-state index in [1.807, 2.05) is 6.92 Å². The largest absolute Gasteiger partial charge is 0.393 e. The van der Waals surface area contributed by atoms with Gasteiger partial charge in [-0.2, -0.15) is 0 Å². The summed E-state index contributed by atoms with van der Waals surface area (Å²) in [7, 11) is 0. The number of fused-ring (bicyclic) bond motifs is 2. The third kappa shape index (κ3) is 1.02. The average Bonchev–Trinajstić information content (AvgIpc) is 2.66. The van der Waals surface area contributed by atoms with E-state index >= 15 is 0 Å². The van der Waals surface area contributed by atoms with Crippen molar-refractivity contribution in [1.29, 1.82) is 0 Å². The van der Waals surface area contributed by atoms with E-state index in [2.05, 4.69) is 0 Å². The van der Waals surface area contributed by atoms with Crippen LogP contribution in [0.2, 0.25) is 0 Å². The zero-order chi connectivity index (χ0) is 9.05. The van der Waals surface area contributed by atoms with Crippen molar-refractivity contribution >= 4 is 0 Å². The minimum Gasteiger partial charge on any atom is -0.393 e. The third-order valence-electron chi connectivity index (χ3n) is 4.50. The molecule has 13 heavy (non-hydrogen) atoms. The number of ether oxygens (including phenoxy) is 1. The lowest BCUT2D eigenvalue weighted by Gasteiger charge is -2.30. The molecule has 0 aromatic carbocycles. The maximum atomic E-state index is 9.78. The predicted molar refractivity (Wildman–Crippen MR) is 49.3 cm³/mol. The highest BCUT2D eigenvalue weighted by Gasteiger charge is 2.59. The molecule has 3 fully saturated rings. The van der Waals surface area contributed by atoms with E-state index in [4.69, 9.17) is 4.74 Å². The first-order valence-corrected chi connectivity index (χ1v) is 5.56. The molecule has 4 atom stereocenters. The van der Waals surface area contributed by atoms with Gasteiger partial charge >= 0.3 is 0 Å². The summed E-state index contributed by atoms with van der Waals surface area (Å²) < 4.78 is 5.85. The molecular weight excluding hydrogens is 164 g/mol. The number of aliphatic hydroxyl groups is 1. The van der Waals surface area contributed by atoms with E-state index in [1.165, 1.54) is 32.1 Å². The van der Waals surface area contributed by atoms with Gasteiger partial charge in [-0.1, -0.05) is 0 Å². The van der Waals surface area contributed by atoms with Crippen LogP contribution in [0.5, 0.6) is 0 Å². The lowest BCUT2D eigenvalue weighted by Crippen LogP contribution is -2.33. The number of rotatable bonds is 2. The molecule has 0 aromatic rings. The highest BCUT2D eigenvalue weighted by molar-refractivity contribution is 5.08. The monoisotopic (exact) mass is 182 g/mol. The van der Waals surface area contributed by atoms with Crippen LogP contribution in [0.4, 0.5) is 0 Å². The van der Waals surface area contributed by atoms with Gasteiger partial charge in [-0.15, -0.1) is 0 Å². The second kappa shape index (κ2) is 2.48. The Balaban J connectivity index is 1.79. The molecule has 2 saturated heterocycles. The molecule has 0 aromatic heterocycles. The van der Waals surface area contributed by atoms with Gasteiger partial charge in [0.1, 0.15) is 0 Å². The van der Waals surface area contributed by atoms with Gasteiger partial charge in [0.25, 0.3) is 0 Å². The number of hydrogen-bond acceptors (Lipinski definition) is 2. The van der Waals surface area contributed by atoms with E-state index in [-0.39, 0.29) is 11.5 Å². The molecular formula is C11H18O2. The SMILES string of the molecule is CC(O)C1(C2CC3CCC2O3)CC1. The highest BCUT2D eigenvalue weighted by atomic mass is 16.5. The molecule has 3 rings (SSSR count). The van der Waals surface area contributed by atoms with E-state index in [0.29, 0.717) is 18.1 Å². The fourth-order valence-corrected chi connectivity index (χ4v) is 3.49. The Morgan fingerprint density at radius 3 is 2.54 bits per heavy atom. The van der Waals surface area contributed by atoms with Crippen LogP contribution in [0.15, 0.2) is 0 Å². The second-order valence-corrected chi connectivity index (χ2v) is 5.13. The number of aliphatic hydroxyl groups excluding tert-OH is 1. The zero-order valence-electron chi connectivity index (χ0n) is 8.20. The van der Waals surface area contributed by atoms with Gasteiger partial charge in [-0.05, 0) is 44.9 Å². The average molecular weight is 182 g/mol. The third-order valence-corrected chi connectivity index (χ3v) is 4.50. The molecule has 2 bridgehead atoms. The van der Waals surface area contributed by atoms with Crippen LogP contribution >= 0.6 is 0 Å². The van der Waals surface area contributed by atoms with Crippen LogP contribution in [0, 0.1) is 11.3 Å². The summed E-state index contributed by atoms with van der Waals surface area (Å²) in [5.74, 6) is 0.672. The molecule has 74 valence electrons. The second-order valence-electron chi connectivity index (χ2n) is 5.13. The Hall–Kier alpha value is -0.0800. The minimum atomic E-state index is -0.125. The minimum absolute atomic E-state index is 0.125. The van der Waals surface area contributed by atoms with Crippen LogP contribution in [0.3, 0.4) is 0 Å². The van der Waals surface area contributed by atoms with Crippen LogP contribution in [0.1, 0.15) is 39.0 Å². The van der Waals surface area contributed by atoms with Crippen molar-refractivity contribution in [3.63, 3.8) is 0 Å². The summed E-state index contributed by atoms with van der Waals surface area (Å²) in [4.78, 5) is 0. The van der Waals surface area contributed by atoms with Crippen LogP contribution in [0.25, 0.3) is 0 Å². The first-order chi connectivity index (χ1) is 6.22. The molecule has 0 spiro atoms. The maximum Gasteiger partial charge on any atom is 0.0615 e.